The Labute approximate surface area is 453 Å². The first-order chi connectivity index (χ1) is 33.6. The molecule has 5 aromatic carbocycles. The van der Waals surface area contributed by atoms with Crippen LogP contribution in [0.2, 0.25) is 17.5 Å². The zero-order chi connectivity index (χ0) is 52.8. The maximum Gasteiger partial charge on any atom is 0.128 e. The minimum Gasteiger partial charge on any atom is -0.457 e. The second kappa shape index (κ2) is 17.4. The summed E-state index contributed by atoms with van der Waals surface area (Å²) in [4.78, 5) is 0. The van der Waals surface area contributed by atoms with Crippen LogP contribution in [0.3, 0.4) is 0 Å². The third-order valence-electron chi connectivity index (χ3n) is 15.0. The van der Waals surface area contributed by atoms with Crippen LogP contribution in [-0.4, -0.2) is 204 Å². The molecule has 0 aliphatic heterocycles. The molecule has 0 amide bonds. The van der Waals surface area contributed by atoms with Crippen molar-refractivity contribution in [2.45, 2.75) is 35.1 Å². The van der Waals surface area contributed by atoms with E-state index in [2.05, 4.69) is 0 Å². The first kappa shape index (κ1) is 51.8. The smallest absolute Gasteiger partial charge is 0.128 e. The Kier molecular flexibility index (Phi) is 12.6. The van der Waals surface area contributed by atoms with Crippen LogP contribution in [0.15, 0.2) is 52.6 Å². The summed E-state index contributed by atoms with van der Waals surface area (Å²) in [6.45, 7) is 0. The van der Waals surface area contributed by atoms with Crippen molar-refractivity contribution in [2.75, 3.05) is 0 Å². The summed E-state index contributed by atoms with van der Waals surface area (Å²) in [5.74, 6) is -7.32. The van der Waals surface area contributed by atoms with Crippen molar-refractivity contribution >= 4 is 341 Å². The molecule has 272 valence electrons. The van der Waals surface area contributed by atoms with Crippen molar-refractivity contribution in [1.82, 2.24) is 0 Å². The van der Waals surface area contributed by atoms with Gasteiger partial charge < -0.3 is 8.83 Å². The van der Waals surface area contributed by atoms with Crippen LogP contribution in [-0.2, 0) is 0 Å². The first-order valence-corrected chi connectivity index (χ1v) is 21.8. The number of rotatable bonds is 3. The van der Waals surface area contributed by atoms with Gasteiger partial charge in [-0.3, -0.25) is 0 Å². The van der Waals surface area contributed by atoms with Gasteiger partial charge in [0.2, 0.25) is 0 Å². The van der Waals surface area contributed by atoms with E-state index in [1.165, 1.54) is 0 Å². The second-order valence-electron chi connectivity index (χ2n) is 18.5. The minimum atomic E-state index is -1.40. The van der Waals surface area contributed by atoms with Crippen molar-refractivity contribution in [3.05, 3.63) is 71.6 Å². The molecule has 0 spiro atoms. The molecule has 3 aliphatic rings. The summed E-state index contributed by atoms with van der Waals surface area (Å²) in [6, 6.07) is 0. The fourth-order valence-corrected chi connectivity index (χ4v) is 11.1. The first-order valence-electron chi connectivity index (χ1n) is 21.8. The average Bonchev–Trinajstić information content (AvgIpc) is 3.96. The number of allylic oxidation sites excluding steroid dienone is 9. The molecule has 3 aliphatic carbocycles. The van der Waals surface area contributed by atoms with Gasteiger partial charge >= 0.3 is 0 Å². The van der Waals surface area contributed by atoms with Gasteiger partial charge in [0, 0.05) is 21.5 Å². The van der Waals surface area contributed by atoms with Gasteiger partial charge in [0.15, 0.2) is 0 Å². The molecule has 0 fully saturated rings. The SMILES string of the molecule is [B]C1=C(c2c([B])c([B])c3c(oc4c([B])c([B])c5oc6c([B])c([B])c([B])c([B])c6c5c43)c2[B])C([B])C(c2c3c(c(C4C([B])=C([B])C([B])=C([B])C4[B])c4c([B])c([B])c([B])c([B])c24)C([B])C([B])C([B])=C3[B])C([B])=C1[B]. The number of hydrogen-bond acceptors (Lipinski definition) is 2. The lowest BCUT2D eigenvalue weighted by Gasteiger charge is -2.46. The normalized spacial score (nSPS) is 21.9. The van der Waals surface area contributed by atoms with Gasteiger partial charge in [-0.1, -0.05) is 66.7 Å². The average molecular weight is 848 g/mol. The van der Waals surface area contributed by atoms with E-state index in [4.69, 9.17) is 213 Å². The summed E-state index contributed by atoms with van der Waals surface area (Å²) >= 11 is 0. The van der Waals surface area contributed by atoms with E-state index in [0.717, 1.165) is 0 Å². The van der Waals surface area contributed by atoms with Crippen LogP contribution < -0.4 is 71.0 Å². The highest BCUT2D eigenvalue weighted by molar-refractivity contribution is 6.70. The lowest BCUT2D eigenvalue weighted by molar-refractivity contribution is 0.670. The summed E-state index contributed by atoms with van der Waals surface area (Å²) in [6.07, 6.45) is 0. The number of benzene rings is 5. The van der Waals surface area contributed by atoms with Crippen LogP contribution in [0, 0.1) is 0 Å². The Morgan fingerprint density at radius 2 is 0.597 bits per heavy atom. The molecule has 7 aromatic rings. The zero-order valence-corrected chi connectivity index (χ0v) is 38.3. The molecule has 2 heterocycles. The van der Waals surface area contributed by atoms with Crippen molar-refractivity contribution in [1.29, 1.82) is 0 Å². The largest absolute Gasteiger partial charge is 0.457 e. The Bertz CT molecular complexity index is 3930. The van der Waals surface area contributed by atoms with Crippen molar-refractivity contribution in [3.63, 3.8) is 0 Å². The van der Waals surface area contributed by atoms with E-state index in [1.54, 1.807) is 0 Å². The Hall–Kier alpha value is -3.65. The Balaban J connectivity index is 1.32. The van der Waals surface area contributed by atoms with Crippen LogP contribution in [0.4, 0.5) is 0 Å². The third-order valence-corrected chi connectivity index (χ3v) is 15.0. The van der Waals surface area contributed by atoms with E-state index in [1.807, 2.05) is 0 Å². The summed E-state index contributed by atoms with van der Waals surface area (Å²) < 4.78 is 12.7. The molecule has 0 N–H and O–H groups in total. The van der Waals surface area contributed by atoms with Crippen LogP contribution in [0.5, 0.6) is 0 Å². The van der Waals surface area contributed by atoms with Gasteiger partial charge in [-0.2, -0.15) is 0 Å². The van der Waals surface area contributed by atoms with Crippen molar-refractivity contribution in [2.24, 2.45) is 0 Å². The quantitative estimate of drug-likeness (QED) is 0.166. The Morgan fingerprint density at radius 1 is 0.236 bits per heavy atom. The molecule has 2 aromatic heterocycles. The number of hydrogen-bond donors (Lipinski definition) is 0. The van der Waals surface area contributed by atoms with E-state index in [-0.39, 0.29) is 208 Å². The van der Waals surface area contributed by atoms with Gasteiger partial charge in [0.1, 0.15) is 195 Å². The molecular formula is C44H6B26O2. The highest BCUT2D eigenvalue weighted by atomic mass is 16.3. The second-order valence-corrected chi connectivity index (χ2v) is 18.5. The van der Waals surface area contributed by atoms with E-state index < -0.39 is 35.1 Å². The summed E-state index contributed by atoms with van der Waals surface area (Å²) in [5.41, 5.74) is -0.765. The molecule has 52 radical (unpaired) electrons. The highest BCUT2D eigenvalue weighted by Gasteiger charge is 2.42. The minimum absolute atomic E-state index is 0.00266. The van der Waals surface area contributed by atoms with E-state index >= 15 is 0 Å². The summed E-state index contributed by atoms with van der Waals surface area (Å²) in [7, 11) is 177. The lowest BCUT2D eigenvalue weighted by Crippen LogP contribution is -2.49. The van der Waals surface area contributed by atoms with Crippen LogP contribution in [0.1, 0.15) is 45.5 Å². The molecule has 72 heavy (non-hydrogen) atoms. The molecule has 6 atom stereocenters. The maximum atomic E-state index is 7.50. The molecule has 0 saturated carbocycles. The van der Waals surface area contributed by atoms with Gasteiger partial charge in [0.25, 0.3) is 0 Å². The monoisotopic (exact) mass is 852 g/mol. The standard InChI is InChI=1S/C44H6B26O2/c45-15-9(1-3-5(18(48)31(61)29(59)16(3)46)2(6-4(1)17(47)30(60)32(62)19(6)49)10-22(52)33(63)36(66)34(64)23(10)53)21(51)28(58)24(54)11(15)12-20(50)25(55)13-7-8-14-26(56)35(65)37(67)38(68)44(14)72-42(8)40(70)39(69)41(7)71-43(13)27(12)57/h9-10,15,18,22,31H. The topological polar surface area (TPSA) is 26.3 Å². The van der Waals surface area contributed by atoms with Gasteiger partial charge in [-0.15, -0.1) is 71.1 Å². The van der Waals surface area contributed by atoms with E-state index in [9.17, 15) is 0 Å². The van der Waals surface area contributed by atoms with Crippen LogP contribution >= 0.6 is 0 Å². The number of furan rings is 2. The fraction of sp³-hybridized carbons (Fsp3) is 0.136. The molecule has 0 bridgehead atoms. The molecule has 2 nitrogen and oxygen atoms in total. The van der Waals surface area contributed by atoms with Crippen LogP contribution in [0.25, 0.3) is 65.7 Å². The zero-order valence-electron chi connectivity index (χ0n) is 38.3. The Morgan fingerprint density at radius 3 is 1.11 bits per heavy atom. The van der Waals surface area contributed by atoms with Gasteiger partial charge in [-0.25, -0.2) is 0 Å². The predicted octanol–water partition coefficient (Wildman–Crippen LogP) is -9.52. The maximum absolute atomic E-state index is 7.50. The van der Waals surface area contributed by atoms with Gasteiger partial charge in [-0.05, 0) is 61.7 Å². The van der Waals surface area contributed by atoms with Gasteiger partial charge in [0.05, 0.1) is 31.4 Å². The third kappa shape index (κ3) is 6.53. The molecular weight excluding hydrogens is 842 g/mol. The van der Waals surface area contributed by atoms with Crippen molar-refractivity contribution < 1.29 is 8.83 Å². The molecule has 6 unspecified atom stereocenters. The van der Waals surface area contributed by atoms with Crippen molar-refractivity contribution in [3.8, 4) is 0 Å². The molecule has 0 saturated heterocycles. The van der Waals surface area contributed by atoms with E-state index in [0.29, 0.717) is 0 Å². The fourth-order valence-electron chi connectivity index (χ4n) is 11.1. The molecule has 10 rings (SSSR count). The highest BCUT2D eigenvalue weighted by Crippen LogP contribution is 2.58. The summed E-state index contributed by atoms with van der Waals surface area (Å²) in [5, 5.41) is 1.14. The number of fused-ring (bicyclic) bond motifs is 9. The predicted molar refractivity (Wildman–Crippen MR) is 324 cm³/mol. The molecule has 28 heteroatoms. The lowest BCUT2D eigenvalue weighted by atomic mass is 9.43.